The van der Waals surface area contributed by atoms with Crippen LogP contribution in [0.15, 0.2) is 48.5 Å². The minimum Gasteiger partial charge on any atom is -0.384 e. The van der Waals surface area contributed by atoms with Crippen LogP contribution in [0, 0.1) is 0 Å². The predicted octanol–water partition coefficient (Wildman–Crippen LogP) is 4.99. The van der Waals surface area contributed by atoms with Crippen LogP contribution >= 0.6 is 0 Å². The van der Waals surface area contributed by atoms with E-state index in [1.165, 1.54) is 11.1 Å². The van der Waals surface area contributed by atoms with Crippen LogP contribution in [0.3, 0.4) is 0 Å². The molecule has 1 amide bonds. The van der Waals surface area contributed by atoms with Gasteiger partial charge in [0.15, 0.2) is 0 Å². The number of hydrogen-bond acceptors (Lipinski definition) is 2. The Morgan fingerprint density at radius 2 is 1.67 bits per heavy atom. The van der Waals surface area contributed by atoms with Crippen LogP contribution in [0.25, 0.3) is 0 Å². The molecule has 0 radical (unpaired) electrons. The Morgan fingerprint density at radius 1 is 1.00 bits per heavy atom. The summed E-state index contributed by atoms with van der Waals surface area (Å²) in [5.41, 5.74) is 4.57. The van der Waals surface area contributed by atoms with Crippen molar-refractivity contribution in [2.45, 2.75) is 46.0 Å². The topological polar surface area (TPSA) is 41.1 Å². The molecular weight excluding hydrogens is 296 g/mol. The highest BCUT2D eigenvalue weighted by atomic mass is 16.1. The summed E-state index contributed by atoms with van der Waals surface area (Å²) in [6.45, 7) is 9.32. The van der Waals surface area contributed by atoms with E-state index in [0.29, 0.717) is 13.0 Å². The lowest BCUT2D eigenvalue weighted by molar-refractivity contribution is -0.115. The smallest absolute Gasteiger partial charge is 0.226 e. The molecular formula is C21H28N2O. The van der Waals surface area contributed by atoms with Gasteiger partial charge in [-0.15, -0.1) is 0 Å². The molecule has 0 saturated heterocycles. The first-order chi connectivity index (χ1) is 11.4. The minimum absolute atomic E-state index is 0.0278. The summed E-state index contributed by atoms with van der Waals surface area (Å²) in [6.07, 6.45) is 1.44. The van der Waals surface area contributed by atoms with Gasteiger partial charge in [-0.2, -0.15) is 0 Å². The van der Waals surface area contributed by atoms with Gasteiger partial charge in [0.2, 0.25) is 5.91 Å². The second kappa shape index (κ2) is 8.00. The quantitative estimate of drug-likeness (QED) is 0.786. The molecule has 0 aliphatic rings. The van der Waals surface area contributed by atoms with Gasteiger partial charge in [0, 0.05) is 24.3 Å². The zero-order chi connectivity index (χ0) is 17.6. The number of nitrogens with one attached hydrogen (secondary N) is 2. The molecule has 0 unspecified atom stereocenters. The first-order valence-corrected chi connectivity index (χ1v) is 8.62. The van der Waals surface area contributed by atoms with E-state index in [9.17, 15) is 4.79 Å². The summed E-state index contributed by atoms with van der Waals surface area (Å²) in [4.78, 5) is 12.1. The maximum atomic E-state index is 12.1. The van der Waals surface area contributed by atoms with Crippen LogP contribution in [-0.4, -0.2) is 12.5 Å². The molecule has 0 saturated carbocycles. The molecule has 0 aliphatic heterocycles. The van der Waals surface area contributed by atoms with E-state index in [2.05, 4.69) is 56.5 Å². The number of anilines is 2. The summed E-state index contributed by atoms with van der Waals surface area (Å²) in [5.74, 6) is 0.0278. The van der Waals surface area contributed by atoms with E-state index in [-0.39, 0.29) is 11.3 Å². The fourth-order valence-corrected chi connectivity index (χ4v) is 2.65. The molecule has 3 nitrogen and oxygen atoms in total. The highest BCUT2D eigenvalue weighted by molar-refractivity contribution is 5.91. The van der Waals surface area contributed by atoms with Crippen molar-refractivity contribution in [2.24, 2.45) is 0 Å². The van der Waals surface area contributed by atoms with E-state index in [1.807, 2.05) is 30.3 Å². The SMILES string of the molecule is CCc1ccc(NC(=O)CCNc2ccccc2C(C)(C)C)cc1. The van der Waals surface area contributed by atoms with Crippen LogP contribution in [0.5, 0.6) is 0 Å². The van der Waals surface area contributed by atoms with Crippen molar-refractivity contribution in [3.63, 3.8) is 0 Å². The molecule has 0 atom stereocenters. The van der Waals surface area contributed by atoms with Gasteiger partial charge in [-0.3, -0.25) is 4.79 Å². The lowest BCUT2D eigenvalue weighted by Gasteiger charge is -2.23. The first kappa shape index (κ1) is 18.1. The van der Waals surface area contributed by atoms with Crippen LogP contribution in [0.2, 0.25) is 0 Å². The molecule has 2 N–H and O–H groups in total. The molecule has 0 bridgehead atoms. The van der Waals surface area contributed by atoms with Gasteiger partial charge in [-0.1, -0.05) is 58.0 Å². The molecule has 2 aromatic carbocycles. The van der Waals surface area contributed by atoms with Crippen molar-refractivity contribution in [3.8, 4) is 0 Å². The number of aryl methyl sites for hydroxylation is 1. The Bertz CT molecular complexity index is 669. The van der Waals surface area contributed by atoms with Crippen LogP contribution < -0.4 is 10.6 Å². The molecule has 2 aromatic rings. The summed E-state index contributed by atoms with van der Waals surface area (Å²) >= 11 is 0. The van der Waals surface area contributed by atoms with Crippen molar-refractivity contribution in [1.29, 1.82) is 0 Å². The maximum Gasteiger partial charge on any atom is 0.226 e. The zero-order valence-corrected chi connectivity index (χ0v) is 15.1. The number of carbonyl (C=O) groups is 1. The van der Waals surface area contributed by atoms with E-state index in [1.54, 1.807) is 0 Å². The lowest BCUT2D eigenvalue weighted by Crippen LogP contribution is -2.19. The molecule has 0 spiro atoms. The Balaban J connectivity index is 1.87. The summed E-state index contributed by atoms with van der Waals surface area (Å²) < 4.78 is 0. The van der Waals surface area contributed by atoms with Crippen molar-refractivity contribution in [1.82, 2.24) is 0 Å². The van der Waals surface area contributed by atoms with Crippen molar-refractivity contribution in [2.75, 3.05) is 17.2 Å². The van der Waals surface area contributed by atoms with Crippen molar-refractivity contribution >= 4 is 17.3 Å². The Kier molecular flexibility index (Phi) is 6.02. The second-order valence-electron chi connectivity index (χ2n) is 7.07. The van der Waals surface area contributed by atoms with Crippen molar-refractivity contribution < 1.29 is 4.79 Å². The Hall–Kier alpha value is -2.29. The highest BCUT2D eigenvalue weighted by Crippen LogP contribution is 2.29. The van der Waals surface area contributed by atoms with Crippen LogP contribution in [0.1, 0.15) is 45.2 Å². The number of hydrogen-bond donors (Lipinski definition) is 2. The average Bonchev–Trinajstić information content (AvgIpc) is 2.55. The van der Waals surface area contributed by atoms with E-state index in [4.69, 9.17) is 0 Å². The fraction of sp³-hybridized carbons (Fsp3) is 0.381. The van der Waals surface area contributed by atoms with Crippen molar-refractivity contribution in [3.05, 3.63) is 59.7 Å². The van der Waals surface area contributed by atoms with Gasteiger partial charge in [0.1, 0.15) is 0 Å². The molecule has 24 heavy (non-hydrogen) atoms. The van der Waals surface area contributed by atoms with Gasteiger partial charge < -0.3 is 10.6 Å². The third-order valence-electron chi connectivity index (χ3n) is 4.05. The summed E-state index contributed by atoms with van der Waals surface area (Å²) in [5, 5.41) is 6.34. The zero-order valence-electron chi connectivity index (χ0n) is 15.1. The number of para-hydroxylation sites is 1. The highest BCUT2D eigenvalue weighted by Gasteiger charge is 2.17. The molecule has 128 valence electrons. The van der Waals surface area contributed by atoms with E-state index >= 15 is 0 Å². The molecule has 0 heterocycles. The Labute approximate surface area is 145 Å². The molecule has 0 aliphatic carbocycles. The normalized spacial score (nSPS) is 11.2. The largest absolute Gasteiger partial charge is 0.384 e. The number of benzene rings is 2. The van der Waals surface area contributed by atoms with Gasteiger partial charge in [-0.05, 0) is 41.2 Å². The standard InChI is InChI=1S/C21H28N2O/c1-5-16-10-12-17(13-11-16)23-20(24)14-15-22-19-9-7-6-8-18(19)21(2,3)4/h6-13,22H,5,14-15H2,1-4H3,(H,23,24). The van der Waals surface area contributed by atoms with Crippen LogP contribution in [0.4, 0.5) is 11.4 Å². The van der Waals surface area contributed by atoms with Gasteiger partial charge in [0.05, 0.1) is 0 Å². The summed E-state index contributed by atoms with van der Waals surface area (Å²) in [7, 11) is 0. The number of amides is 1. The Morgan fingerprint density at radius 3 is 2.29 bits per heavy atom. The molecule has 3 heteroatoms. The van der Waals surface area contributed by atoms with E-state index in [0.717, 1.165) is 17.8 Å². The molecule has 0 aromatic heterocycles. The minimum atomic E-state index is 0.0278. The monoisotopic (exact) mass is 324 g/mol. The van der Waals surface area contributed by atoms with Gasteiger partial charge in [0.25, 0.3) is 0 Å². The van der Waals surface area contributed by atoms with Crippen LogP contribution in [-0.2, 0) is 16.6 Å². The van der Waals surface area contributed by atoms with Gasteiger partial charge in [-0.25, -0.2) is 0 Å². The first-order valence-electron chi connectivity index (χ1n) is 8.62. The summed E-state index contributed by atoms with van der Waals surface area (Å²) in [6, 6.07) is 16.3. The average molecular weight is 324 g/mol. The molecule has 0 fully saturated rings. The maximum absolute atomic E-state index is 12.1. The third-order valence-corrected chi connectivity index (χ3v) is 4.05. The molecule has 2 rings (SSSR count). The third kappa shape index (κ3) is 5.12. The van der Waals surface area contributed by atoms with Gasteiger partial charge >= 0.3 is 0 Å². The van der Waals surface area contributed by atoms with E-state index < -0.39 is 0 Å². The second-order valence-corrected chi connectivity index (χ2v) is 7.07. The predicted molar refractivity (Wildman–Crippen MR) is 103 cm³/mol. The number of rotatable bonds is 6. The fourth-order valence-electron chi connectivity index (χ4n) is 2.65. The number of carbonyl (C=O) groups excluding carboxylic acids is 1. The lowest BCUT2D eigenvalue weighted by atomic mass is 9.86.